The Kier molecular flexibility index (Phi) is 2.68. The number of benzene rings is 1. The van der Waals surface area contributed by atoms with E-state index in [1.54, 1.807) is 24.3 Å². The first-order valence-electron chi connectivity index (χ1n) is 4.16. The van der Waals surface area contributed by atoms with Crippen LogP contribution in [-0.2, 0) is 0 Å². The van der Waals surface area contributed by atoms with Gasteiger partial charge in [0.2, 0.25) is 5.88 Å². The highest BCUT2D eigenvalue weighted by Gasteiger charge is 2.10. The summed E-state index contributed by atoms with van der Waals surface area (Å²) in [4.78, 5) is 3.71. The first-order valence-corrected chi connectivity index (χ1v) is 4.54. The lowest BCUT2D eigenvalue weighted by molar-refractivity contribution is -0.0517. The molecule has 0 aliphatic heterocycles. The molecule has 2 aromatic rings. The third-order valence-electron chi connectivity index (χ3n) is 1.91. The third-order valence-corrected chi connectivity index (χ3v) is 2.21. The highest BCUT2D eigenvalue weighted by atomic mass is 35.5. The van der Waals surface area contributed by atoms with Gasteiger partial charge in [-0.15, -0.1) is 0 Å². The van der Waals surface area contributed by atoms with Crippen molar-refractivity contribution in [3.63, 3.8) is 0 Å². The molecule has 0 saturated carbocycles. The van der Waals surface area contributed by atoms with Crippen LogP contribution in [0.4, 0.5) is 8.78 Å². The molecule has 0 aliphatic carbocycles. The number of hydrogen-bond acceptors (Lipinski definition) is 2. The van der Waals surface area contributed by atoms with Crippen molar-refractivity contribution in [1.82, 2.24) is 4.98 Å². The zero-order chi connectivity index (χ0) is 10.8. The summed E-state index contributed by atoms with van der Waals surface area (Å²) in [5, 5.41) is 1.53. The number of rotatable bonds is 2. The highest BCUT2D eigenvalue weighted by Crippen LogP contribution is 2.29. The maximum Gasteiger partial charge on any atom is 0.388 e. The van der Waals surface area contributed by atoms with Gasteiger partial charge in [0, 0.05) is 10.8 Å². The summed E-state index contributed by atoms with van der Waals surface area (Å²) in [6, 6.07) is 6.82. The zero-order valence-corrected chi connectivity index (χ0v) is 8.21. The van der Waals surface area contributed by atoms with Gasteiger partial charge in [0.1, 0.15) is 0 Å². The van der Waals surface area contributed by atoms with Crippen molar-refractivity contribution in [2.45, 2.75) is 6.61 Å². The molecule has 0 radical (unpaired) electrons. The second kappa shape index (κ2) is 3.98. The molecule has 0 N–H and O–H groups in total. The number of nitrogens with zero attached hydrogens (tertiary/aromatic N) is 1. The minimum atomic E-state index is -2.89. The maximum atomic E-state index is 12.1. The molecule has 5 heteroatoms. The van der Waals surface area contributed by atoms with Crippen molar-refractivity contribution in [3.05, 3.63) is 35.5 Å². The summed E-state index contributed by atoms with van der Waals surface area (Å²) in [6.07, 6.45) is 1.29. The molecule has 0 amide bonds. The normalized spacial score (nSPS) is 10.9. The van der Waals surface area contributed by atoms with Crippen LogP contribution >= 0.6 is 11.6 Å². The van der Waals surface area contributed by atoms with Gasteiger partial charge in [0.25, 0.3) is 0 Å². The Morgan fingerprint density at radius 1 is 1.20 bits per heavy atom. The van der Waals surface area contributed by atoms with Crippen LogP contribution in [0.5, 0.6) is 5.88 Å². The van der Waals surface area contributed by atoms with Crippen molar-refractivity contribution in [3.8, 4) is 5.88 Å². The van der Waals surface area contributed by atoms with Crippen LogP contribution in [0.1, 0.15) is 0 Å². The molecule has 0 fully saturated rings. The van der Waals surface area contributed by atoms with Crippen LogP contribution in [0.2, 0.25) is 5.02 Å². The molecular formula is C10H6ClF2NO. The van der Waals surface area contributed by atoms with Crippen molar-refractivity contribution >= 4 is 22.4 Å². The lowest BCUT2D eigenvalue weighted by atomic mass is 10.2. The van der Waals surface area contributed by atoms with E-state index in [1.807, 2.05) is 0 Å². The van der Waals surface area contributed by atoms with Gasteiger partial charge in [-0.2, -0.15) is 8.78 Å². The standard InChI is InChI=1S/C10H6ClF2NO/c11-8-5-14-9(15-10(12)13)7-4-2-1-3-6(7)8/h1-5,10H. The monoisotopic (exact) mass is 229 g/mol. The number of pyridine rings is 1. The van der Waals surface area contributed by atoms with Crippen LogP contribution in [-0.4, -0.2) is 11.6 Å². The Morgan fingerprint density at radius 2 is 1.87 bits per heavy atom. The van der Waals surface area contributed by atoms with Gasteiger partial charge in [-0.3, -0.25) is 0 Å². The molecule has 2 rings (SSSR count). The van der Waals surface area contributed by atoms with Crippen LogP contribution in [0.15, 0.2) is 30.5 Å². The average molecular weight is 230 g/mol. The first kappa shape index (κ1) is 10.1. The fraction of sp³-hybridized carbons (Fsp3) is 0.100. The van der Waals surface area contributed by atoms with E-state index in [9.17, 15) is 8.78 Å². The first-order chi connectivity index (χ1) is 7.18. The summed E-state index contributed by atoms with van der Waals surface area (Å²) >= 11 is 5.86. The quantitative estimate of drug-likeness (QED) is 0.787. The topological polar surface area (TPSA) is 22.1 Å². The molecule has 15 heavy (non-hydrogen) atoms. The summed E-state index contributed by atoms with van der Waals surface area (Å²) in [5.41, 5.74) is 0. The van der Waals surface area contributed by atoms with Gasteiger partial charge in [-0.1, -0.05) is 29.8 Å². The second-order valence-electron chi connectivity index (χ2n) is 2.84. The predicted molar refractivity (Wildman–Crippen MR) is 53.4 cm³/mol. The summed E-state index contributed by atoms with van der Waals surface area (Å²) in [7, 11) is 0. The summed E-state index contributed by atoms with van der Waals surface area (Å²) < 4.78 is 28.4. The number of hydrogen-bond donors (Lipinski definition) is 0. The summed E-state index contributed by atoms with van der Waals surface area (Å²) in [6.45, 7) is -2.89. The minimum absolute atomic E-state index is 0.106. The number of fused-ring (bicyclic) bond motifs is 1. The zero-order valence-electron chi connectivity index (χ0n) is 7.45. The number of ether oxygens (including phenoxy) is 1. The molecule has 1 heterocycles. The molecule has 1 aromatic carbocycles. The molecule has 0 aliphatic rings. The third kappa shape index (κ3) is 1.99. The Bertz CT molecular complexity index is 490. The molecule has 1 aromatic heterocycles. The van der Waals surface area contributed by atoms with Crippen LogP contribution in [0.3, 0.4) is 0 Å². The lowest BCUT2D eigenvalue weighted by Gasteiger charge is -2.07. The van der Waals surface area contributed by atoms with Gasteiger partial charge < -0.3 is 4.74 Å². The van der Waals surface area contributed by atoms with E-state index in [1.165, 1.54) is 6.20 Å². The van der Waals surface area contributed by atoms with Gasteiger partial charge in [0.15, 0.2) is 0 Å². The molecule has 0 unspecified atom stereocenters. The van der Waals surface area contributed by atoms with E-state index in [-0.39, 0.29) is 5.88 Å². The Morgan fingerprint density at radius 3 is 2.53 bits per heavy atom. The smallest absolute Gasteiger partial charge is 0.388 e. The van der Waals surface area contributed by atoms with Gasteiger partial charge in [-0.05, 0) is 6.07 Å². The van der Waals surface area contributed by atoms with Crippen LogP contribution in [0, 0.1) is 0 Å². The molecule has 0 atom stereocenters. The second-order valence-corrected chi connectivity index (χ2v) is 3.24. The van der Waals surface area contributed by atoms with Gasteiger partial charge in [-0.25, -0.2) is 4.98 Å². The number of alkyl halides is 2. The molecule has 0 bridgehead atoms. The SMILES string of the molecule is FC(F)Oc1ncc(Cl)c2ccccc12. The number of halogens is 3. The fourth-order valence-electron chi connectivity index (χ4n) is 1.31. The van der Waals surface area contributed by atoms with Gasteiger partial charge >= 0.3 is 6.61 Å². The molecule has 0 saturated heterocycles. The van der Waals surface area contributed by atoms with Crippen LogP contribution < -0.4 is 4.74 Å². The van der Waals surface area contributed by atoms with E-state index < -0.39 is 6.61 Å². The minimum Gasteiger partial charge on any atom is -0.416 e. The van der Waals surface area contributed by atoms with Crippen LogP contribution in [0.25, 0.3) is 10.8 Å². The van der Waals surface area contributed by atoms with Crippen molar-refractivity contribution in [2.75, 3.05) is 0 Å². The van der Waals surface area contributed by atoms with Crippen molar-refractivity contribution in [2.24, 2.45) is 0 Å². The van der Waals surface area contributed by atoms with E-state index in [0.29, 0.717) is 15.8 Å². The Hall–Kier alpha value is -1.42. The van der Waals surface area contributed by atoms with E-state index in [2.05, 4.69) is 9.72 Å². The average Bonchev–Trinajstić information content (AvgIpc) is 2.22. The number of aromatic nitrogens is 1. The van der Waals surface area contributed by atoms with E-state index in [4.69, 9.17) is 11.6 Å². The van der Waals surface area contributed by atoms with Gasteiger partial charge in [0.05, 0.1) is 11.2 Å². The predicted octanol–water partition coefficient (Wildman–Crippen LogP) is 3.49. The summed E-state index contributed by atoms with van der Waals surface area (Å²) in [5.74, 6) is -0.106. The molecule has 0 spiro atoms. The van der Waals surface area contributed by atoms with E-state index in [0.717, 1.165) is 0 Å². The molecular weight excluding hydrogens is 224 g/mol. The Balaban J connectivity index is 2.61. The lowest BCUT2D eigenvalue weighted by Crippen LogP contribution is -2.03. The van der Waals surface area contributed by atoms with Crippen molar-refractivity contribution in [1.29, 1.82) is 0 Å². The maximum absolute atomic E-state index is 12.1. The fourth-order valence-corrected chi connectivity index (χ4v) is 1.52. The largest absolute Gasteiger partial charge is 0.416 e. The van der Waals surface area contributed by atoms with E-state index >= 15 is 0 Å². The Labute approximate surface area is 89.4 Å². The molecule has 2 nitrogen and oxygen atoms in total. The van der Waals surface area contributed by atoms with Crippen molar-refractivity contribution < 1.29 is 13.5 Å². The molecule has 78 valence electrons. The highest BCUT2D eigenvalue weighted by molar-refractivity contribution is 6.35.